The fourth-order valence-corrected chi connectivity index (χ4v) is 1.71. The average Bonchev–Trinajstić information content (AvgIpc) is 2.46. The predicted molar refractivity (Wildman–Crippen MR) is 79.6 cm³/mol. The van der Waals surface area contributed by atoms with E-state index in [1.807, 2.05) is 31.2 Å². The zero-order chi connectivity index (χ0) is 14.5. The lowest BCUT2D eigenvalue weighted by Gasteiger charge is -2.05. The Labute approximate surface area is 119 Å². The summed E-state index contributed by atoms with van der Waals surface area (Å²) in [5, 5.41) is 9.38. The van der Waals surface area contributed by atoms with Gasteiger partial charge < -0.3 is 5.11 Å². The van der Waals surface area contributed by atoms with E-state index in [0.717, 1.165) is 16.7 Å². The summed E-state index contributed by atoms with van der Waals surface area (Å²) in [6.07, 6.45) is -0.430. The molecule has 0 bridgehead atoms. The van der Waals surface area contributed by atoms with E-state index >= 15 is 0 Å². The summed E-state index contributed by atoms with van der Waals surface area (Å²) in [5.41, 5.74) is 2.91. The third-order valence-corrected chi connectivity index (χ3v) is 3.23. The normalized spacial score (nSPS) is 13.2. The topological polar surface area (TPSA) is 20.2 Å². The van der Waals surface area contributed by atoms with Crippen molar-refractivity contribution in [2.75, 3.05) is 0 Å². The van der Waals surface area contributed by atoms with Gasteiger partial charge in [0, 0.05) is 11.5 Å². The molecule has 20 heavy (non-hydrogen) atoms. The van der Waals surface area contributed by atoms with Crippen LogP contribution >= 0.6 is 0 Å². The summed E-state index contributed by atoms with van der Waals surface area (Å²) < 4.78 is 12.9. The number of benzene rings is 2. The first-order valence-corrected chi connectivity index (χ1v) is 6.62. The molecule has 2 heteroatoms. The highest BCUT2D eigenvalue weighted by molar-refractivity contribution is 5.64. The highest BCUT2D eigenvalue weighted by Crippen LogP contribution is 2.19. The SMILES string of the molecule is CC(O)C(C)C#Cc1ccc(-c2ccc(F)cc2)cc1. The van der Waals surface area contributed by atoms with Crippen LogP contribution in [0.15, 0.2) is 48.5 Å². The highest BCUT2D eigenvalue weighted by atomic mass is 19.1. The minimum atomic E-state index is -0.430. The second-order valence-corrected chi connectivity index (χ2v) is 4.88. The van der Waals surface area contributed by atoms with Crippen molar-refractivity contribution in [3.8, 4) is 23.0 Å². The van der Waals surface area contributed by atoms with Gasteiger partial charge >= 0.3 is 0 Å². The molecule has 0 heterocycles. The summed E-state index contributed by atoms with van der Waals surface area (Å²) in [6.45, 7) is 3.63. The van der Waals surface area contributed by atoms with Crippen LogP contribution in [0.1, 0.15) is 19.4 Å². The van der Waals surface area contributed by atoms with Gasteiger partial charge in [-0.1, -0.05) is 36.1 Å². The molecule has 0 aliphatic carbocycles. The number of aliphatic hydroxyl groups excluding tert-OH is 1. The van der Waals surface area contributed by atoms with Gasteiger partial charge in [0.1, 0.15) is 5.82 Å². The Morgan fingerprint density at radius 1 is 0.900 bits per heavy atom. The zero-order valence-corrected chi connectivity index (χ0v) is 11.6. The van der Waals surface area contributed by atoms with Crippen molar-refractivity contribution in [1.29, 1.82) is 0 Å². The minimum absolute atomic E-state index is 0.0493. The van der Waals surface area contributed by atoms with Crippen molar-refractivity contribution in [3.05, 3.63) is 59.9 Å². The maximum Gasteiger partial charge on any atom is 0.123 e. The molecule has 2 atom stereocenters. The Hall–Kier alpha value is -2.11. The number of rotatable bonds is 2. The van der Waals surface area contributed by atoms with Gasteiger partial charge in [0.2, 0.25) is 0 Å². The molecule has 1 nitrogen and oxygen atoms in total. The van der Waals surface area contributed by atoms with Crippen molar-refractivity contribution in [2.45, 2.75) is 20.0 Å². The van der Waals surface area contributed by atoms with E-state index < -0.39 is 6.10 Å². The second kappa shape index (κ2) is 6.36. The van der Waals surface area contributed by atoms with Gasteiger partial charge in [-0.2, -0.15) is 0 Å². The van der Waals surface area contributed by atoms with E-state index in [9.17, 15) is 9.50 Å². The Kier molecular flexibility index (Phi) is 4.55. The van der Waals surface area contributed by atoms with E-state index in [2.05, 4.69) is 11.8 Å². The minimum Gasteiger partial charge on any atom is -0.392 e. The van der Waals surface area contributed by atoms with Gasteiger partial charge in [-0.15, -0.1) is 0 Å². The quantitative estimate of drug-likeness (QED) is 0.820. The molecule has 0 aliphatic heterocycles. The Morgan fingerprint density at radius 3 is 1.90 bits per heavy atom. The first-order valence-electron chi connectivity index (χ1n) is 6.62. The summed E-state index contributed by atoms with van der Waals surface area (Å²) in [5.74, 6) is 5.78. The van der Waals surface area contributed by atoms with Gasteiger partial charge in [-0.05, 0) is 49.2 Å². The van der Waals surface area contributed by atoms with Gasteiger partial charge in [0.25, 0.3) is 0 Å². The molecule has 0 aliphatic rings. The van der Waals surface area contributed by atoms with Crippen LogP contribution in [0.2, 0.25) is 0 Å². The third kappa shape index (κ3) is 3.69. The molecule has 1 N–H and O–H groups in total. The average molecular weight is 268 g/mol. The molecule has 2 aromatic carbocycles. The van der Waals surface area contributed by atoms with Crippen LogP contribution in [0.5, 0.6) is 0 Å². The van der Waals surface area contributed by atoms with Crippen LogP contribution in [-0.4, -0.2) is 11.2 Å². The molecule has 0 fully saturated rings. The van der Waals surface area contributed by atoms with E-state index in [1.54, 1.807) is 19.1 Å². The van der Waals surface area contributed by atoms with Crippen LogP contribution in [0.4, 0.5) is 4.39 Å². The molecular formula is C18H17FO. The molecule has 0 spiro atoms. The third-order valence-electron chi connectivity index (χ3n) is 3.23. The fraction of sp³-hybridized carbons (Fsp3) is 0.222. The number of aliphatic hydroxyl groups is 1. The fourth-order valence-electron chi connectivity index (χ4n) is 1.71. The number of hydrogen-bond acceptors (Lipinski definition) is 1. The summed E-state index contributed by atoms with van der Waals surface area (Å²) in [4.78, 5) is 0. The van der Waals surface area contributed by atoms with Crippen LogP contribution < -0.4 is 0 Å². The zero-order valence-electron chi connectivity index (χ0n) is 11.6. The molecule has 2 rings (SSSR count). The van der Waals surface area contributed by atoms with Crippen molar-refractivity contribution in [3.63, 3.8) is 0 Å². The summed E-state index contributed by atoms with van der Waals surface area (Å²) in [6, 6.07) is 14.2. The van der Waals surface area contributed by atoms with Crippen LogP contribution in [0.3, 0.4) is 0 Å². The van der Waals surface area contributed by atoms with Crippen LogP contribution in [-0.2, 0) is 0 Å². The Balaban J connectivity index is 2.16. The van der Waals surface area contributed by atoms with Crippen LogP contribution in [0, 0.1) is 23.6 Å². The number of halogens is 1. The van der Waals surface area contributed by atoms with Crippen molar-refractivity contribution < 1.29 is 9.50 Å². The van der Waals surface area contributed by atoms with Crippen molar-refractivity contribution in [2.24, 2.45) is 5.92 Å². The maximum absolute atomic E-state index is 12.9. The van der Waals surface area contributed by atoms with Crippen molar-refractivity contribution >= 4 is 0 Å². The lowest BCUT2D eigenvalue weighted by atomic mass is 10.0. The lowest BCUT2D eigenvalue weighted by molar-refractivity contribution is 0.161. The smallest absolute Gasteiger partial charge is 0.123 e. The molecule has 0 saturated heterocycles. The maximum atomic E-state index is 12.9. The largest absolute Gasteiger partial charge is 0.392 e. The predicted octanol–water partition coefficient (Wildman–Crippen LogP) is 3.86. The van der Waals surface area contributed by atoms with Crippen LogP contribution in [0.25, 0.3) is 11.1 Å². The molecule has 0 radical (unpaired) electrons. The second-order valence-electron chi connectivity index (χ2n) is 4.88. The van der Waals surface area contributed by atoms with Gasteiger partial charge in [0.15, 0.2) is 0 Å². The standard InChI is InChI=1S/C18H17FO/c1-13(14(2)20)3-4-15-5-7-16(8-6-15)17-9-11-18(19)12-10-17/h5-14,20H,1-2H3. The van der Waals surface area contributed by atoms with Crippen molar-refractivity contribution in [1.82, 2.24) is 0 Å². The summed E-state index contributed by atoms with van der Waals surface area (Å²) in [7, 11) is 0. The molecule has 0 saturated carbocycles. The van der Waals surface area contributed by atoms with E-state index in [1.165, 1.54) is 12.1 Å². The van der Waals surface area contributed by atoms with E-state index in [4.69, 9.17) is 0 Å². The lowest BCUT2D eigenvalue weighted by Crippen LogP contribution is -2.10. The highest BCUT2D eigenvalue weighted by Gasteiger charge is 2.03. The molecule has 2 unspecified atom stereocenters. The van der Waals surface area contributed by atoms with Gasteiger partial charge in [-0.25, -0.2) is 4.39 Å². The molecule has 0 aromatic heterocycles. The van der Waals surface area contributed by atoms with Gasteiger partial charge in [0.05, 0.1) is 6.10 Å². The van der Waals surface area contributed by atoms with E-state index in [0.29, 0.717) is 0 Å². The first kappa shape index (κ1) is 14.3. The summed E-state index contributed by atoms with van der Waals surface area (Å²) >= 11 is 0. The molecule has 0 amide bonds. The molecule has 2 aromatic rings. The molecular weight excluding hydrogens is 251 g/mol. The monoisotopic (exact) mass is 268 g/mol. The Bertz CT molecular complexity index is 615. The number of hydrogen-bond donors (Lipinski definition) is 1. The van der Waals surface area contributed by atoms with Gasteiger partial charge in [-0.3, -0.25) is 0 Å². The molecule has 102 valence electrons. The van der Waals surface area contributed by atoms with E-state index in [-0.39, 0.29) is 11.7 Å². The Morgan fingerprint density at radius 2 is 1.40 bits per heavy atom. The first-order chi connectivity index (χ1) is 9.56.